The molecule has 1 aliphatic heterocycles. The Morgan fingerprint density at radius 3 is 2.40 bits per heavy atom. The number of esters is 1. The highest BCUT2D eigenvalue weighted by Gasteiger charge is 2.29. The molecule has 1 fully saturated rings. The van der Waals surface area contributed by atoms with Crippen molar-refractivity contribution < 1.29 is 14.3 Å². The fourth-order valence-electron chi connectivity index (χ4n) is 2.84. The molecule has 1 saturated heterocycles. The molecule has 1 heterocycles. The molecule has 1 N–H and O–H groups in total. The van der Waals surface area contributed by atoms with Crippen LogP contribution in [-0.4, -0.2) is 31.3 Å². The summed E-state index contributed by atoms with van der Waals surface area (Å²) in [6.07, 6.45) is 2.24. The van der Waals surface area contributed by atoms with E-state index >= 15 is 0 Å². The number of carbonyl (C=O) groups is 1. The summed E-state index contributed by atoms with van der Waals surface area (Å²) in [5.74, 6) is -0.247. The summed E-state index contributed by atoms with van der Waals surface area (Å²) in [5, 5.41) is 3.43. The van der Waals surface area contributed by atoms with Crippen LogP contribution in [0.25, 0.3) is 0 Å². The highest BCUT2D eigenvalue weighted by atomic mass is 16.5. The number of carbonyl (C=O) groups excluding carboxylic acids is 1. The molecular weight excluding hydrogens is 254 g/mol. The first-order chi connectivity index (χ1) is 9.60. The molecule has 4 heteroatoms. The molecule has 1 aliphatic rings. The van der Waals surface area contributed by atoms with E-state index in [4.69, 9.17) is 9.47 Å². The molecule has 1 aromatic rings. The predicted octanol–water partition coefficient (Wildman–Crippen LogP) is 2.45. The van der Waals surface area contributed by atoms with E-state index in [0.29, 0.717) is 0 Å². The summed E-state index contributed by atoms with van der Waals surface area (Å²) < 4.78 is 10.7. The van der Waals surface area contributed by atoms with Gasteiger partial charge < -0.3 is 9.47 Å². The molecule has 4 nitrogen and oxygen atoms in total. The number of hydrogen-bond donors (Lipinski definition) is 1. The zero-order chi connectivity index (χ0) is 14.5. The minimum absolute atomic E-state index is 0.213. The van der Waals surface area contributed by atoms with Crippen LogP contribution in [-0.2, 0) is 14.3 Å². The third-order valence-electron chi connectivity index (χ3n) is 3.67. The fraction of sp³-hybridized carbons (Fsp3) is 0.562. The van der Waals surface area contributed by atoms with Crippen molar-refractivity contribution in [2.75, 3.05) is 7.11 Å². The van der Waals surface area contributed by atoms with E-state index in [-0.39, 0.29) is 24.2 Å². The molecule has 0 spiro atoms. The maximum Gasteiger partial charge on any atom is 0.327 e. The van der Waals surface area contributed by atoms with Crippen molar-refractivity contribution in [3.8, 4) is 0 Å². The summed E-state index contributed by atoms with van der Waals surface area (Å²) in [6, 6.07) is 9.55. The van der Waals surface area contributed by atoms with Crippen molar-refractivity contribution in [1.82, 2.24) is 5.32 Å². The van der Waals surface area contributed by atoms with Gasteiger partial charge in [0.05, 0.1) is 19.3 Å². The largest absolute Gasteiger partial charge is 0.468 e. The van der Waals surface area contributed by atoms with Crippen molar-refractivity contribution in [2.24, 2.45) is 0 Å². The number of ether oxygens (including phenoxy) is 2. The van der Waals surface area contributed by atoms with Gasteiger partial charge in [-0.05, 0) is 32.3 Å². The van der Waals surface area contributed by atoms with E-state index in [9.17, 15) is 4.79 Å². The maximum atomic E-state index is 12.0. The number of benzene rings is 1. The molecule has 0 aliphatic carbocycles. The molecule has 3 unspecified atom stereocenters. The molecule has 0 radical (unpaired) electrons. The van der Waals surface area contributed by atoms with Gasteiger partial charge >= 0.3 is 5.97 Å². The lowest BCUT2D eigenvalue weighted by atomic mass is 9.97. The monoisotopic (exact) mass is 277 g/mol. The lowest BCUT2D eigenvalue weighted by molar-refractivity contribution is -0.144. The average Bonchev–Trinajstić information content (AvgIpc) is 2.44. The smallest absolute Gasteiger partial charge is 0.327 e. The topological polar surface area (TPSA) is 47.6 Å². The molecule has 0 amide bonds. The normalized spacial score (nSPS) is 27.9. The van der Waals surface area contributed by atoms with Crippen LogP contribution in [0, 0.1) is 0 Å². The van der Waals surface area contributed by atoms with Crippen LogP contribution in [0.1, 0.15) is 38.3 Å². The molecule has 3 atom stereocenters. The van der Waals surface area contributed by atoms with E-state index in [2.05, 4.69) is 19.2 Å². The highest BCUT2D eigenvalue weighted by Crippen LogP contribution is 2.23. The lowest BCUT2D eigenvalue weighted by Crippen LogP contribution is -2.44. The van der Waals surface area contributed by atoms with Gasteiger partial charge in [-0.2, -0.15) is 0 Å². The fourth-order valence-corrected chi connectivity index (χ4v) is 2.84. The second-order valence-corrected chi connectivity index (χ2v) is 5.46. The quantitative estimate of drug-likeness (QED) is 0.859. The van der Waals surface area contributed by atoms with Crippen LogP contribution in [0.2, 0.25) is 0 Å². The van der Waals surface area contributed by atoms with Crippen LogP contribution >= 0.6 is 0 Å². The third kappa shape index (κ3) is 3.81. The van der Waals surface area contributed by atoms with Gasteiger partial charge in [0.25, 0.3) is 0 Å². The van der Waals surface area contributed by atoms with Gasteiger partial charge in [-0.3, -0.25) is 5.32 Å². The van der Waals surface area contributed by atoms with Gasteiger partial charge in [-0.15, -0.1) is 0 Å². The Morgan fingerprint density at radius 1 is 1.25 bits per heavy atom. The van der Waals surface area contributed by atoms with Gasteiger partial charge in [0.15, 0.2) is 0 Å². The summed E-state index contributed by atoms with van der Waals surface area (Å²) in [4.78, 5) is 12.0. The number of hydrogen-bond acceptors (Lipinski definition) is 4. The average molecular weight is 277 g/mol. The molecule has 0 saturated carbocycles. The Labute approximate surface area is 120 Å². The van der Waals surface area contributed by atoms with E-state index in [1.807, 2.05) is 30.3 Å². The highest BCUT2D eigenvalue weighted by molar-refractivity contribution is 5.77. The molecular formula is C16H23NO3. The number of nitrogens with one attached hydrogen (secondary N) is 1. The standard InChI is InChI=1S/C16H23NO3/c1-11-9-14(10-12(2)20-11)17-15(16(18)19-3)13-7-5-4-6-8-13/h4-8,11-12,14-15,17H,9-10H2,1-3H3. The first kappa shape index (κ1) is 15.0. The first-order valence-electron chi connectivity index (χ1n) is 7.14. The third-order valence-corrected chi connectivity index (χ3v) is 3.67. The maximum absolute atomic E-state index is 12.0. The molecule has 0 bridgehead atoms. The zero-order valence-corrected chi connectivity index (χ0v) is 12.3. The van der Waals surface area contributed by atoms with Gasteiger partial charge in [0.2, 0.25) is 0 Å². The van der Waals surface area contributed by atoms with Crippen LogP contribution in [0.15, 0.2) is 30.3 Å². The van der Waals surface area contributed by atoms with Crippen molar-refractivity contribution in [3.05, 3.63) is 35.9 Å². The van der Waals surface area contributed by atoms with Crippen LogP contribution < -0.4 is 5.32 Å². The number of methoxy groups -OCH3 is 1. The number of rotatable bonds is 4. The van der Waals surface area contributed by atoms with Crippen molar-refractivity contribution in [3.63, 3.8) is 0 Å². The minimum Gasteiger partial charge on any atom is -0.468 e. The van der Waals surface area contributed by atoms with Gasteiger partial charge in [-0.1, -0.05) is 30.3 Å². The SMILES string of the molecule is COC(=O)C(NC1CC(C)OC(C)C1)c1ccccc1. The van der Waals surface area contributed by atoms with E-state index in [1.165, 1.54) is 7.11 Å². The molecule has 1 aromatic carbocycles. The Hall–Kier alpha value is -1.39. The van der Waals surface area contributed by atoms with E-state index in [1.54, 1.807) is 0 Å². The van der Waals surface area contributed by atoms with Crippen LogP contribution in [0.5, 0.6) is 0 Å². The van der Waals surface area contributed by atoms with E-state index in [0.717, 1.165) is 18.4 Å². The molecule has 0 aromatic heterocycles. The zero-order valence-electron chi connectivity index (χ0n) is 12.3. The Balaban J connectivity index is 2.10. The van der Waals surface area contributed by atoms with Crippen molar-refractivity contribution in [2.45, 2.75) is 51.0 Å². The Kier molecular flexibility index (Phi) is 5.15. The van der Waals surface area contributed by atoms with Gasteiger partial charge in [0.1, 0.15) is 6.04 Å². The Morgan fingerprint density at radius 2 is 1.85 bits per heavy atom. The van der Waals surface area contributed by atoms with Gasteiger partial charge in [-0.25, -0.2) is 4.79 Å². The van der Waals surface area contributed by atoms with Crippen LogP contribution in [0.4, 0.5) is 0 Å². The second-order valence-electron chi connectivity index (χ2n) is 5.46. The summed E-state index contributed by atoms with van der Waals surface area (Å²) >= 11 is 0. The van der Waals surface area contributed by atoms with Crippen LogP contribution in [0.3, 0.4) is 0 Å². The molecule has 2 rings (SSSR count). The Bertz CT molecular complexity index is 425. The predicted molar refractivity (Wildman–Crippen MR) is 77.4 cm³/mol. The first-order valence-corrected chi connectivity index (χ1v) is 7.14. The lowest BCUT2D eigenvalue weighted by Gasteiger charge is -2.34. The summed E-state index contributed by atoms with van der Waals surface area (Å²) in [6.45, 7) is 4.14. The summed E-state index contributed by atoms with van der Waals surface area (Å²) in [5.41, 5.74) is 0.936. The van der Waals surface area contributed by atoms with E-state index < -0.39 is 6.04 Å². The van der Waals surface area contributed by atoms with Crippen molar-refractivity contribution in [1.29, 1.82) is 0 Å². The van der Waals surface area contributed by atoms with Crippen molar-refractivity contribution >= 4 is 5.97 Å². The summed E-state index contributed by atoms with van der Waals surface area (Å²) in [7, 11) is 1.43. The molecule has 20 heavy (non-hydrogen) atoms. The van der Waals surface area contributed by atoms with Gasteiger partial charge in [0, 0.05) is 6.04 Å². The minimum atomic E-state index is -0.413. The second kappa shape index (κ2) is 6.86. The molecule has 110 valence electrons.